The van der Waals surface area contributed by atoms with E-state index in [-0.39, 0.29) is 11.4 Å². The first kappa shape index (κ1) is 13.2. The summed E-state index contributed by atoms with van der Waals surface area (Å²) in [7, 11) is 0. The van der Waals surface area contributed by atoms with Gasteiger partial charge >= 0.3 is 0 Å². The summed E-state index contributed by atoms with van der Waals surface area (Å²) in [5, 5.41) is 3.03. The molecule has 0 saturated carbocycles. The average Bonchev–Trinajstić information content (AvgIpc) is 2.29. The van der Waals surface area contributed by atoms with Crippen molar-refractivity contribution >= 4 is 21.8 Å². The zero-order chi connectivity index (χ0) is 12.2. The van der Waals surface area contributed by atoms with Gasteiger partial charge in [-0.05, 0) is 47.8 Å². The van der Waals surface area contributed by atoms with Crippen molar-refractivity contribution in [3.63, 3.8) is 0 Å². The second-order valence-corrected chi connectivity index (χ2v) is 4.90. The Morgan fingerprint density at radius 2 is 2.06 bits per heavy atom. The first-order valence-electron chi connectivity index (χ1n) is 5.45. The number of carbonyl (C=O) groups excluding carboxylic acids is 1. The molecule has 1 aromatic rings. The third kappa shape index (κ3) is 3.30. The summed E-state index contributed by atoms with van der Waals surface area (Å²) in [5.74, 6) is -0.0637. The fourth-order valence-corrected chi connectivity index (χ4v) is 1.52. The predicted octanol–water partition coefficient (Wildman–Crippen LogP) is 3.15. The highest BCUT2D eigenvalue weighted by Crippen LogP contribution is 2.15. The molecule has 1 rings (SSSR count). The molecule has 0 aromatic carbocycles. The van der Waals surface area contributed by atoms with E-state index in [1.165, 1.54) is 0 Å². The molecule has 0 aliphatic carbocycles. The molecule has 16 heavy (non-hydrogen) atoms. The van der Waals surface area contributed by atoms with Crippen LogP contribution >= 0.6 is 15.9 Å². The van der Waals surface area contributed by atoms with Gasteiger partial charge in [0.25, 0.3) is 5.91 Å². The summed E-state index contributed by atoms with van der Waals surface area (Å²) >= 11 is 3.24. The van der Waals surface area contributed by atoms with Crippen molar-refractivity contribution < 1.29 is 4.79 Å². The van der Waals surface area contributed by atoms with Gasteiger partial charge in [0.2, 0.25) is 0 Å². The molecule has 0 spiro atoms. The van der Waals surface area contributed by atoms with Crippen molar-refractivity contribution in [2.75, 3.05) is 0 Å². The molecule has 1 N–H and O–H groups in total. The standard InChI is InChI=1S/C12H17BrN2O/c1-4-12(3,5-2)15-11(16)9-6-7-10(13)14-8-9/h6-8H,4-5H2,1-3H3,(H,15,16). The number of nitrogens with zero attached hydrogens (tertiary/aromatic N) is 1. The van der Waals surface area contributed by atoms with E-state index in [0.29, 0.717) is 5.56 Å². The molecule has 0 atom stereocenters. The number of amides is 1. The molecule has 88 valence electrons. The lowest BCUT2D eigenvalue weighted by atomic mass is 9.95. The second-order valence-electron chi connectivity index (χ2n) is 4.09. The molecule has 4 heteroatoms. The van der Waals surface area contributed by atoms with Crippen LogP contribution in [-0.2, 0) is 0 Å². The van der Waals surface area contributed by atoms with Crippen molar-refractivity contribution in [1.82, 2.24) is 10.3 Å². The van der Waals surface area contributed by atoms with Crippen LogP contribution in [0.15, 0.2) is 22.9 Å². The summed E-state index contributed by atoms with van der Waals surface area (Å²) in [6, 6.07) is 3.53. The molecule has 3 nitrogen and oxygen atoms in total. The Labute approximate surface area is 105 Å². The Bertz CT molecular complexity index is 358. The molecule has 0 aliphatic heterocycles. The minimum atomic E-state index is -0.135. The number of halogens is 1. The summed E-state index contributed by atoms with van der Waals surface area (Å²) in [6.45, 7) is 6.20. The van der Waals surface area contributed by atoms with Gasteiger partial charge in [-0.25, -0.2) is 4.98 Å². The molecule has 0 bridgehead atoms. The van der Waals surface area contributed by atoms with Crippen molar-refractivity contribution in [3.8, 4) is 0 Å². The highest BCUT2D eigenvalue weighted by atomic mass is 79.9. The van der Waals surface area contributed by atoms with E-state index < -0.39 is 0 Å². The zero-order valence-corrected chi connectivity index (χ0v) is 11.5. The monoisotopic (exact) mass is 284 g/mol. The van der Waals surface area contributed by atoms with Crippen LogP contribution in [0.4, 0.5) is 0 Å². The van der Waals surface area contributed by atoms with E-state index in [9.17, 15) is 4.79 Å². The van der Waals surface area contributed by atoms with Crippen LogP contribution in [0.5, 0.6) is 0 Å². The number of pyridine rings is 1. The van der Waals surface area contributed by atoms with Gasteiger partial charge in [-0.15, -0.1) is 0 Å². The predicted molar refractivity (Wildman–Crippen MR) is 68.4 cm³/mol. The fourth-order valence-electron chi connectivity index (χ4n) is 1.28. The summed E-state index contributed by atoms with van der Waals surface area (Å²) in [5.41, 5.74) is 0.459. The van der Waals surface area contributed by atoms with Crippen molar-refractivity contribution in [2.24, 2.45) is 0 Å². The maximum absolute atomic E-state index is 11.9. The van der Waals surface area contributed by atoms with Crippen LogP contribution in [-0.4, -0.2) is 16.4 Å². The van der Waals surface area contributed by atoms with Crippen LogP contribution in [0.2, 0.25) is 0 Å². The zero-order valence-electron chi connectivity index (χ0n) is 9.88. The minimum Gasteiger partial charge on any atom is -0.347 e. The quantitative estimate of drug-likeness (QED) is 0.863. The average molecular weight is 285 g/mol. The summed E-state index contributed by atoms with van der Waals surface area (Å²) < 4.78 is 0.734. The van der Waals surface area contributed by atoms with Gasteiger partial charge in [0.1, 0.15) is 4.60 Å². The molecule has 0 unspecified atom stereocenters. The third-order valence-electron chi connectivity index (χ3n) is 2.97. The van der Waals surface area contributed by atoms with Crippen molar-refractivity contribution in [3.05, 3.63) is 28.5 Å². The smallest absolute Gasteiger partial charge is 0.253 e. The number of aromatic nitrogens is 1. The van der Waals surface area contributed by atoms with E-state index in [2.05, 4.69) is 47.0 Å². The third-order valence-corrected chi connectivity index (χ3v) is 3.43. The fraction of sp³-hybridized carbons (Fsp3) is 0.500. The molecular weight excluding hydrogens is 268 g/mol. The maximum atomic E-state index is 11.9. The topological polar surface area (TPSA) is 42.0 Å². The molecule has 1 aromatic heterocycles. The molecule has 1 heterocycles. The maximum Gasteiger partial charge on any atom is 0.253 e. The van der Waals surface area contributed by atoms with Gasteiger partial charge in [0, 0.05) is 11.7 Å². The highest BCUT2D eigenvalue weighted by molar-refractivity contribution is 9.10. The highest BCUT2D eigenvalue weighted by Gasteiger charge is 2.22. The molecule has 1 amide bonds. The molecule has 0 aliphatic rings. The van der Waals surface area contributed by atoms with Crippen LogP contribution < -0.4 is 5.32 Å². The number of hydrogen-bond acceptors (Lipinski definition) is 2. The van der Waals surface area contributed by atoms with Gasteiger partial charge in [-0.1, -0.05) is 13.8 Å². The molecule has 0 saturated heterocycles. The largest absolute Gasteiger partial charge is 0.347 e. The lowest BCUT2D eigenvalue weighted by Gasteiger charge is -2.28. The summed E-state index contributed by atoms with van der Waals surface area (Å²) in [6.07, 6.45) is 3.41. The Morgan fingerprint density at radius 1 is 1.44 bits per heavy atom. The summed E-state index contributed by atoms with van der Waals surface area (Å²) in [4.78, 5) is 16.0. The first-order chi connectivity index (χ1) is 7.50. The Morgan fingerprint density at radius 3 is 2.50 bits per heavy atom. The second kappa shape index (κ2) is 5.43. The Balaban J connectivity index is 2.76. The lowest BCUT2D eigenvalue weighted by molar-refractivity contribution is 0.0900. The van der Waals surface area contributed by atoms with Crippen LogP contribution in [0.3, 0.4) is 0 Å². The van der Waals surface area contributed by atoms with Gasteiger partial charge in [0.05, 0.1) is 5.56 Å². The van der Waals surface area contributed by atoms with Crippen LogP contribution in [0, 0.1) is 0 Å². The van der Waals surface area contributed by atoms with Gasteiger partial charge < -0.3 is 5.32 Å². The number of carbonyl (C=O) groups is 1. The molecular formula is C12H17BrN2O. The Kier molecular flexibility index (Phi) is 4.47. The van der Waals surface area contributed by atoms with Crippen molar-refractivity contribution in [1.29, 1.82) is 0 Å². The normalized spacial score (nSPS) is 11.2. The number of nitrogens with one attached hydrogen (secondary N) is 1. The van der Waals surface area contributed by atoms with Gasteiger partial charge in [-0.2, -0.15) is 0 Å². The van der Waals surface area contributed by atoms with E-state index in [4.69, 9.17) is 0 Å². The van der Waals surface area contributed by atoms with E-state index in [1.807, 2.05) is 0 Å². The van der Waals surface area contributed by atoms with Gasteiger partial charge in [0.15, 0.2) is 0 Å². The number of rotatable bonds is 4. The van der Waals surface area contributed by atoms with E-state index >= 15 is 0 Å². The minimum absolute atomic E-state index is 0.0637. The first-order valence-corrected chi connectivity index (χ1v) is 6.24. The van der Waals surface area contributed by atoms with Crippen molar-refractivity contribution in [2.45, 2.75) is 39.2 Å². The van der Waals surface area contributed by atoms with Gasteiger partial charge in [-0.3, -0.25) is 4.79 Å². The lowest BCUT2D eigenvalue weighted by Crippen LogP contribution is -2.44. The van der Waals surface area contributed by atoms with Crippen LogP contribution in [0.1, 0.15) is 44.0 Å². The SMILES string of the molecule is CCC(C)(CC)NC(=O)c1ccc(Br)nc1. The van der Waals surface area contributed by atoms with E-state index in [1.54, 1.807) is 18.3 Å². The van der Waals surface area contributed by atoms with E-state index in [0.717, 1.165) is 17.4 Å². The molecule has 0 fully saturated rings. The van der Waals surface area contributed by atoms with Crippen LogP contribution in [0.25, 0.3) is 0 Å². The number of hydrogen-bond donors (Lipinski definition) is 1. The Hall–Kier alpha value is -0.900. The molecule has 0 radical (unpaired) electrons.